The molecule has 1 aromatic carbocycles. The molecule has 5 nitrogen and oxygen atoms in total. The van der Waals surface area contributed by atoms with Gasteiger partial charge in [-0.05, 0) is 17.9 Å². The van der Waals surface area contributed by atoms with E-state index in [0.29, 0.717) is 13.0 Å². The molecule has 2 aromatic rings. The second kappa shape index (κ2) is 6.60. The summed E-state index contributed by atoms with van der Waals surface area (Å²) in [6, 6.07) is 9.99. The lowest BCUT2D eigenvalue weighted by atomic mass is 9.98. The number of benzene rings is 1. The molecule has 0 aliphatic heterocycles. The van der Waals surface area contributed by atoms with E-state index in [1.807, 2.05) is 30.3 Å². The van der Waals surface area contributed by atoms with E-state index in [4.69, 9.17) is 11.6 Å². The van der Waals surface area contributed by atoms with Gasteiger partial charge in [0, 0.05) is 13.6 Å². The Bertz CT molecular complexity index is 698. The van der Waals surface area contributed by atoms with Crippen molar-refractivity contribution >= 4 is 21.6 Å². The number of aryl methyl sites for hydroxylation is 1. The molecule has 1 heterocycles. The summed E-state index contributed by atoms with van der Waals surface area (Å²) < 4.78 is 28.2. The number of imidazole rings is 1. The topological polar surface area (TPSA) is 64.0 Å². The van der Waals surface area contributed by atoms with Gasteiger partial charge in [0.25, 0.3) is 10.0 Å². The highest BCUT2D eigenvalue weighted by molar-refractivity contribution is 7.89. The van der Waals surface area contributed by atoms with Crippen molar-refractivity contribution in [3.63, 3.8) is 0 Å². The van der Waals surface area contributed by atoms with Crippen LogP contribution in [0.25, 0.3) is 0 Å². The smallest absolute Gasteiger partial charge is 0.261 e. The van der Waals surface area contributed by atoms with E-state index >= 15 is 0 Å². The predicted molar refractivity (Wildman–Crippen MR) is 82.9 cm³/mol. The number of rotatable bonds is 6. The van der Waals surface area contributed by atoms with Crippen LogP contribution in [0.15, 0.2) is 41.7 Å². The standard InChI is InChI=1S/C14H18ClN3O2S/c1-11(12-6-4-3-5-7-12)8-9-17-21(19,20)14-13(15)18(2)10-16-14/h3-7,10-11,17H,8-9H2,1-2H3. The maximum absolute atomic E-state index is 12.1. The highest BCUT2D eigenvalue weighted by atomic mass is 35.5. The molecule has 0 fully saturated rings. The van der Waals surface area contributed by atoms with Crippen molar-refractivity contribution in [2.45, 2.75) is 24.3 Å². The molecule has 1 aromatic heterocycles. The van der Waals surface area contributed by atoms with Crippen LogP contribution < -0.4 is 4.72 Å². The molecule has 0 bridgehead atoms. The van der Waals surface area contributed by atoms with Crippen LogP contribution in [0.5, 0.6) is 0 Å². The van der Waals surface area contributed by atoms with Crippen molar-refractivity contribution in [3.8, 4) is 0 Å². The fraction of sp³-hybridized carbons (Fsp3) is 0.357. The van der Waals surface area contributed by atoms with Gasteiger partial charge < -0.3 is 4.57 Å². The first-order chi connectivity index (χ1) is 9.92. The Morgan fingerprint density at radius 1 is 1.33 bits per heavy atom. The summed E-state index contributed by atoms with van der Waals surface area (Å²) in [6.45, 7) is 2.41. The molecular weight excluding hydrogens is 310 g/mol. The molecule has 7 heteroatoms. The van der Waals surface area contributed by atoms with E-state index in [2.05, 4.69) is 16.6 Å². The zero-order valence-corrected chi connectivity index (χ0v) is 13.5. The number of aromatic nitrogens is 2. The van der Waals surface area contributed by atoms with Gasteiger partial charge in [0.1, 0.15) is 5.15 Å². The highest BCUT2D eigenvalue weighted by Gasteiger charge is 2.22. The van der Waals surface area contributed by atoms with E-state index in [-0.39, 0.29) is 16.1 Å². The third kappa shape index (κ3) is 3.84. The van der Waals surface area contributed by atoms with E-state index in [9.17, 15) is 8.42 Å². The zero-order chi connectivity index (χ0) is 15.5. The fourth-order valence-electron chi connectivity index (χ4n) is 2.00. The molecule has 0 radical (unpaired) electrons. The van der Waals surface area contributed by atoms with Gasteiger partial charge in [-0.2, -0.15) is 0 Å². The number of nitrogens with zero attached hydrogens (tertiary/aromatic N) is 2. The van der Waals surface area contributed by atoms with Gasteiger partial charge in [-0.3, -0.25) is 0 Å². The van der Waals surface area contributed by atoms with Crippen LogP contribution in [0, 0.1) is 0 Å². The van der Waals surface area contributed by atoms with Gasteiger partial charge >= 0.3 is 0 Å². The Morgan fingerprint density at radius 2 is 2.00 bits per heavy atom. The van der Waals surface area contributed by atoms with E-state index in [1.165, 1.54) is 16.5 Å². The number of halogens is 1. The second-order valence-corrected chi connectivity index (χ2v) is 6.99. The first-order valence-electron chi connectivity index (χ1n) is 6.63. The fourth-order valence-corrected chi connectivity index (χ4v) is 3.47. The third-order valence-electron chi connectivity index (χ3n) is 3.33. The minimum atomic E-state index is -3.66. The summed E-state index contributed by atoms with van der Waals surface area (Å²) in [4.78, 5) is 3.82. The highest BCUT2D eigenvalue weighted by Crippen LogP contribution is 2.20. The Labute approximate surface area is 130 Å². The van der Waals surface area contributed by atoms with Gasteiger partial charge in [-0.1, -0.05) is 48.9 Å². The molecular formula is C14H18ClN3O2S. The Balaban J connectivity index is 1.95. The number of hydrogen-bond acceptors (Lipinski definition) is 3. The molecule has 0 aliphatic carbocycles. The van der Waals surface area contributed by atoms with Crippen LogP contribution in [-0.4, -0.2) is 24.5 Å². The number of sulfonamides is 1. The predicted octanol–water partition coefficient (Wildman–Crippen LogP) is 2.55. The molecule has 21 heavy (non-hydrogen) atoms. The summed E-state index contributed by atoms with van der Waals surface area (Å²) in [6.07, 6.45) is 2.08. The summed E-state index contributed by atoms with van der Waals surface area (Å²) in [5, 5.41) is -0.0161. The molecule has 2 rings (SSSR count). The van der Waals surface area contributed by atoms with Crippen molar-refractivity contribution in [3.05, 3.63) is 47.4 Å². The summed E-state index contributed by atoms with van der Waals surface area (Å²) in [7, 11) is -2.02. The van der Waals surface area contributed by atoms with Gasteiger partial charge in [-0.15, -0.1) is 0 Å². The van der Waals surface area contributed by atoms with E-state index < -0.39 is 10.0 Å². The van der Waals surface area contributed by atoms with Crippen molar-refractivity contribution in [1.82, 2.24) is 14.3 Å². The molecule has 114 valence electrons. The molecule has 0 saturated carbocycles. The number of nitrogens with one attached hydrogen (secondary N) is 1. The SMILES string of the molecule is CC(CCNS(=O)(=O)c1ncn(C)c1Cl)c1ccccc1. The molecule has 0 saturated heterocycles. The zero-order valence-electron chi connectivity index (χ0n) is 12.0. The van der Waals surface area contributed by atoms with Gasteiger partial charge in [0.05, 0.1) is 6.33 Å². The third-order valence-corrected chi connectivity index (χ3v) is 5.28. The van der Waals surface area contributed by atoms with Crippen LogP contribution in [0.1, 0.15) is 24.8 Å². The lowest BCUT2D eigenvalue weighted by molar-refractivity contribution is 0.569. The van der Waals surface area contributed by atoms with Crippen LogP contribution in [-0.2, 0) is 17.1 Å². The first kappa shape index (κ1) is 16.0. The lowest BCUT2D eigenvalue weighted by Gasteiger charge is -2.12. The van der Waals surface area contributed by atoms with Crippen molar-refractivity contribution < 1.29 is 8.42 Å². The largest absolute Gasteiger partial charge is 0.324 e. The summed E-state index contributed by atoms with van der Waals surface area (Å²) in [5.74, 6) is 0.271. The van der Waals surface area contributed by atoms with E-state index in [0.717, 1.165) is 0 Å². The molecule has 1 unspecified atom stereocenters. The first-order valence-corrected chi connectivity index (χ1v) is 8.49. The van der Waals surface area contributed by atoms with E-state index in [1.54, 1.807) is 7.05 Å². The normalized spacial score (nSPS) is 13.3. The van der Waals surface area contributed by atoms with Crippen LogP contribution >= 0.6 is 11.6 Å². The van der Waals surface area contributed by atoms with Crippen molar-refractivity contribution in [2.75, 3.05) is 6.54 Å². The van der Waals surface area contributed by atoms with Gasteiger partial charge in [-0.25, -0.2) is 18.1 Å². The maximum atomic E-state index is 12.1. The van der Waals surface area contributed by atoms with Gasteiger partial charge in [0.15, 0.2) is 0 Å². The lowest BCUT2D eigenvalue weighted by Crippen LogP contribution is -2.26. The maximum Gasteiger partial charge on any atom is 0.261 e. The van der Waals surface area contributed by atoms with Crippen LogP contribution in [0.4, 0.5) is 0 Å². The van der Waals surface area contributed by atoms with Crippen molar-refractivity contribution in [1.29, 1.82) is 0 Å². The van der Waals surface area contributed by atoms with Crippen LogP contribution in [0.3, 0.4) is 0 Å². The quantitative estimate of drug-likeness (QED) is 0.886. The molecule has 0 spiro atoms. The molecule has 1 N–H and O–H groups in total. The van der Waals surface area contributed by atoms with Gasteiger partial charge in [0.2, 0.25) is 5.03 Å². The van der Waals surface area contributed by atoms with Crippen LogP contribution in [0.2, 0.25) is 5.15 Å². The number of hydrogen-bond donors (Lipinski definition) is 1. The average molecular weight is 328 g/mol. The summed E-state index contributed by atoms with van der Waals surface area (Å²) >= 11 is 5.91. The Hall–Kier alpha value is -1.37. The van der Waals surface area contributed by atoms with Crippen molar-refractivity contribution in [2.24, 2.45) is 7.05 Å². The summed E-state index contributed by atoms with van der Waals surface area (Å²) in [5.41, 5.74) is 1.19. The minimum Gasteiger partial charge on any atom is -0.324 e. The average Bonchev–Trinajstić information content (AvgIpc) is 2.80. The Kier molecular flexibility index (Phi) is 5.03. The molecule has 0 amide bonds. The minimum absolute atomic E-state index is 0.110. The molecule has 1 atom stereocenters. The second-order valence-electron chi connectivity index (χ2n) is 4.95. The monoisotopic (exact) mass is 327 g/mol. The molecule has 0 aliphatic rings. The Morgan fingerprint density at radius 3 is 2.57 bits per heavy atom.